The van der Waals surface area contributed by atoms with Crippen LogP contribution in [-0.4, -0.2) is 26.8 Å². The standard InChI is InChI=1S/C14H14BrN3O/c15-10-7-13(17-8-10)14(19)18(12-4-5-12)9-11-3-1-2-6-16-11/h1-3,6-8,12,17H,4-5,9H2. The number of hydrogen-bond donors (Lipinski definition) is 1. The molecule has 5 heteroatoms. The number of pyridine rings is 1. The molecule has 3 rings (SSSR count). The largest absolute Gasteiger partial charge is 0.356 e. The predicted octanol–water partition coefficient (Wildman–Crippen LogP) is 2.98. The maximum Gasteiger partial charge on any atom is 0.270 e. The highest BCUT2D eigenvalue weighted by Gasteiger charge is 2.33. The summed E-state index contributed by atoms with van der Waals surface area (Å²) in [5.74, 6) is 0.0406. The van der Waals surface area contributed by atoms with E-state index in [0.717, 1.165) is 23.0 Å². The third-order valence-electron chi connectivity index (χ3n) is 3.19. The SMILES string of the molecule is O=C(c1cc(Br)c[nH]1)N(Cc1ccccn1)C1CC1. The van der Waals surface area contributed by atoms with Crippen molar-refractivity contribution < 1.29 is 4.79 Å². The second kappa shape index (κ2) is 5.17. The van der Waals surface area contributed by atoms with Crippen LogP contribution in [0.5, 0.6) is 0 Å². The molecule has 0 saturated heterocycles. The van der Waals surface area contributed by atoms with Crippen molar-refractivity contribution in [2.45, 2.75) is 25.4 Å². The molecule has 0 unspecified atom stereocenters. The molecule has 2 heterocycles. The third kappa shape index (κ3) is 2.87. The fourth-order valence-electron chi connectivity index (χ4n) is 2.07. The van der Waals surface area contributed by atoms with Crippen LogP contribution in [0.25, 0.3) is 0 Å². The number of carbonyl (C=O) groups excluding carboxylic acids is 1. The lowest BCUT2D eigenvalue weighted by Crippen LogP contribution is -2.33. The molecule has 0 aromatic carbocycles. The van der Waals surface area contributed by atoms with Gasteiger partial charge in [-0.2, -0.15) is 0 Å². The molecule has 0 radical (unpaired) electrons. The summed E-state index contributed by atoms with van der Waals surface area (Å²) in [6.45, 7) is 0.570. The van der Waals surface area contributed by atoms with Crippen molar-refractivity contribution in [1.82, 2.24) is 14.9 Å². The Balaban J connectivity index is 1.79. The smallest absolute Gasteiger partial charge is 0.270 e. The predicted molar refractivity (Wildman–Crippen MR) is 75.6 cm³/mol. The molecule has 2 aromatic heterocycles. The second-order valence-electron chi connectivity index (χ2n) is 4.72. The van der Waals surface area contributed by atoms with Crippen LogP contribution in [0, 0.1) is 0 Å². The summed E-state index contributed by atoms with van der Waals surface area (Å²) in [7, 11) is 0. The second-order valence-corrected chi connectivity index (χ2v) is 5.63. The van der Waals surface area contributed by atoms with Crippen LogP contribution in [0.3, 0.4) is 0 Å². The lowest BCUT2D eigenvalue weighted by atomic mass is 10.3. The summed E-state index contributed by atoms with van der Waals surface area (Å²) >= 11 is 3.35. The average Bonchev–Trinajstić information content (AvgIpc) is 3.18. The van der Waals surface area contributed by atoms with Crippen molar-refractivity contribution in [2.24, 2.45) is 0 Å². The first kappa shape index (κ1) is 12.4. The first-order valence-electron chi connectivity index (χ1n) is 6.29. The number of hydrogen-bond acceptors (Lipinski definition) is 2. The van der Waals surface area contributed by atoms with Crippen LogP contribution >= 0.6 is 15.9 Å². The minimum absolute atomic E-state index is 0.0406. The molecule has 0 bridgehead atoms. The van der Waals surface area contributed by atoms with Gasteiger partial charge in [0.25, 0.3) is 5.91 Å². The van der Waals surface area contributed by atoms with Crippen molar-refractivity contribution in [3.63, 3.8) is 0 Å². The molecular formula is C14H14BrN3O. The number of nitrogens with zero attached hydrogens (tertiary/aromatic N) is 2. The Kier molecular flexibility index (Phi) is 3.38. The molecule has 98 valence electrons. The van der Waals surface area contributed by atoms with Crippen molar-refractivity contribution >= 4 is 21.8 Å². The van der Waals surface area contributed by atoms with Gasteiger partial charge in [-0.05, 0) is 47.0 Å². The summed E-state index contributed by atoms with van der Waals surface area (Å²) in [6, 6.07) is 7.96. The van der Waals surface area contributed by atoms with Gasteiger partial charge in [0, 0.05) is 22.9 Å². The Morgan fingerprint density at radius 2 is 2.32 bits per heavy atom. The number of aromatic amines is 1. The molecule has 19 heavy (non-hydrogen) atoms. The zero-order valence-electron chi connectivity index (χ0n) is 10.3. The van der Waals surface area contributed by atoms with Gasteiger partial charge in [0.05, 0.1) is 12.2 Å². The fourth-order valence-corrected chi connectivity index (χ4v) is 2.41. The molecule has 2 aromatic rings. The van der Waals surface area contributed by atoms with Crippen molar-refractivity contribution in [2.75, 3.05) is 0 Å². The minimum Gasteiger partial charge on any atom is -0.356 e. The first-order valence-corrected chi connectivity index (χ1v) is 7.08. The van der Waals surface area contributed by atoms with Gasteiger partial charge in [0.2, 0.25) is 0 Å². The molecule has 1 amide bonds. The summed E-state index contributed by atoms with van der Waals surface area (Å²) in [5.41, 5.74) is 1.54. The topological polar surface area (TPSA) is 49.0 Å². The van der Waals surface area contributed by atoms with Crippen LogP contribution in [0.2, 0.25) is 0 Å². The third-order valence-corrected chi connectivity index (χ3v) is 3.64. The summed E-state index contributed by atoms with van der Waals surface area (Å²) < 4.78 is 0.893. The minimum atomic E-state index is 0.0406. The molecule has 1 saturated carbocycles. The number of H-pyrrole nitrogens is 1. The lowest BCUT2D eigenvalue weighted by molar-refractivity contribution is 0.0722. The number of aromatic nitrogens is 2. The van der Waals surface area contributed by atoms with Gasteiger partial charge in [-0.15, -0.1) is 0 Å². The lowest BCUT2D eigenvalue weighted by Gasteiger charge is -2.21. The maximum atomic E-state index is 12.5. The molecule has 1 aliphatic carbocycles. The average molecular weight is 320 g/mol. The molecule has 1 N–H and O–H groups in total. The number of nitrogens with one attached hydrogen (secondary N) is 1. The number of carbonyl (C=O) groups is 1. The van der Waals surface area contributed by atoms with Crippen LogP contribution in [0.15, 0.2) is 41.1 Å². The molecule has 1 fully saturated rings. The van der Waals surface area contributed by atoms with Gasteiger partial charge in [0.1, 0.15) is 5.69 Å². The number of amides is 1. The molecule has 0 spiro atoms. The monoisotopic (exact) mass is 319 g/mol. The van der Waals surface area contributed by atoms with Gasteiger partial charge in [0.15, 0.2) is 0 Å². The van der Waals surface area contributed by atoms with Crippen molar-refractivity contribution in [1.29, 1.82) is 0 Å². The van der Waals surface area contributed by atoms with E-state index in [2.05, 4.69) is 25.9 Å². The first-order chi connectivity index (χ1) is 9.24. The molecule has 0 atom stereocenters. The van der Waals surface area contributed by atoms with Crippen LogP contribution in [0.4, 0.5) is 0 Å². The normalized spacial score (nSPS) is 14.4. The van der Waals surface area contributed by atoms with Gasteiger partial charge in [-0.1, -0.05) is 6.07 Å². The maximum absolute atomic E-state index is 12.5. The number of rotatable bonds is 4. The highest BCUT2D eigenvalue weighted by molar-refractivity contribution is 9.10. The highest BCUT2D eigenvalue weighted by atomic mass is 79.9. The van der Waals surface area contributed by atoms with E-state index < -0.39 is 0 Å². The quantitative estimate of drug-likeness (QED) is 0.941. The molecule has 1 aliphatic rings. The Hall–Kier alpha value is -1.62. The van der Waals surface area contributed by atoms with Gasteiger partial charge < -0.3 is 9.88 Å². The van der Waals surface area contributed by atoms with E-state index in [0.29, 0.717) is 18.3 Å². The van der Waals surface area contributed by atoms with E-state index in [1.54, 1.807) is 12.4 Å². The summed E-state index contributed by atoms with van der Waals surface area (Å²) in [4.78, 5) is 21.7. The van der Waals surface area contributed by atoms with Crippen molar-refractivity contribution in [3.05, 3.63) is 52.5 Å². The van der Waals surface area contributed by atoms with Gasteiger partial charge in [-0.25, -0.2) is 0 Å². The van der Waals surface area contributed by atoms with Gasteiger partial charge in [-0.3, -0.25) is 9.78 Å². The van der Waals surface area contributed by atoms with Crippen molar-refractivity contribution in [3.8, 4) is 0 Å². The molecular weight excluding hydrogens is 306 g/mol. The van der Waals surface area contributed by atoms with E-state index >= 15 is 0 Å². The Morgan fingerprint density at radius 1 is 1.47 bits per heavy atom. The van der Waals surface area contributed by atoms with E-state index in [1.165, 1.54) is 0 Å². The summed E-state index contributed by atoms with van der Waals surface area (Å²) in [6.07, 6.45) is 5.70. The van der Waals surface area contributed by atoms with Gasteiger partial charge >= 0.3 is 0 Å². The Bertz CT molecular complexity index is 577. The fraction of sp³-hybridized carbons (Fsp3) is 0.286. The van der Waals surface area contributed by atoms with E-state index in [-0.39, 0.29) is 5.91 Å². The summed E-state index contributed by atoms with van der Waals surface area (Å²) in [5, 5.41) is 0. The number of halogens is 1. The van der Waals surface area contributed by atoms with Crippen LogP contribution < -0.4 is 0 Å². The molecule has 0 aliphatic heterocycles. The zero-order chi connectivity index (χ0) is 13.2. The van der Waals surface area contributed by atoms with E-state index in [9.17, 15) is 4.79 Å². The van der Waals surface area contributed by atoms with E-state index in [4.69, 9.17) is 0 Å². The van der Waals surface area contributed by atoms with Crippen LogP contribution in [-0.2, 0) is 6.54 Å². The van der Waals surface area contributed by atoms with Crippen LogP contribution in [0.1, 0.15) is 29.0 Å². The van der Waals surface area contributed by atoms with E-state index in [1.807, 2.05) is 29.2 Å². The Labute approximate surface area is 120 Å². The highest BCUT2D eigenvalue weighted by Crippen LogP contribution is 2.29. The zero-order valence-corrected chi connectivity index (χ0v) is 11.9. The Morgan fingerprint density at radius 3 is 2.89 bits per heavy atom. The molecule has 4 nitrogen and oxygen atoms in total.